The molecule has 0 aromatic carbocycles. The molecule has 0 spiro atoms. The van der Waals surface area contributed by atoms with Gasteiger partial charge >= 0.3 is 0 Å². The molecule has 0 N–H and O–H groups in total. The molecule has 0 saturated heterocycles. The molecule has 1 aromatic rings. The van der Waals surface area contributed by atoms with Gasteiger partial charge in [0.2, 0.25) is 0 Å². The van der Waals surface area contributed by atoms with Crippen molar-refractivity contribution in [3.8, 4) is 0 Å². The number of ketones is 1. The molecular weight excluding hydrogens is 157 g/mol. The van der Waals surface area contributed by atoms with Crippen LogP contribution in [0.15, 0.2) is 18.3 Å². The van der Waals surface area contributed by atoms with Crippen LogP contribution in [0.1, 0.15) is 30.3 Å². The molecule has 0 aliphatic carbocycles. The number of halogens is 1. The van der Waals surface area contributed by atoms with Gasteiger partial charge in [-0.1, -0.05) is 6.92 Å². The summed E-state index contributed by atoms with van der Waals surface area (Å²) in [6.07, 6.45) is 2.32. The van der Waals surface area contributed by atoms with Gasteiger partial charge in [0.15, 0.2) is 5.78 Å². The standard InChI is InChI=1S/C9H10FNO/c1-2-3-9(12)8-5-4-7(10)6-11-8/h4-6H,2-3H2,1H3. The van der Waals surface area contributed by atoms with Crippen LogP contribution >= 0.6 is 0 Å². The molecule has 0 saturated carbocycles. The summed E-state index contributed by atoms with van der Waals surface area (Å²) in [4.78, 5) is 14.8. The van der Waals surface area contributed by atoms with E-state index in [1.807, 2.05) is 6.92 Å². The van der Waals surface area contributed by atoms with E-state index in [1.165, 1.54) is 12.1 Å². The van der Waals surface area contributed by atoms with Crippen molar-refractivity contribution in [2.24, 2.45) is 0 Å². The topological polar surface area (TPSA) is 30.0 Å². The largest absolute Gasteiger partial charge is 0.292 e. The van der Waals surface area contributed by atoms with Crippen LogP contribution in [0.2, 0.25) is 0 Å². The summed E-state index contributed by atoms with van der Waals surface area (Å²) in [6.45, 7) is 1.92. The highest BCUT2D eigenvalue weighted by atomic mass is 19.1. The minimum absolute atomic E-state index is 0.0301. The summed E-state index contributed by atoms with van der Waals surface area (Å²) in [6, 6.07) is 2.66. The molecule has 1 aromatic heterocycles. The Morgan fingerprint density at radius 3 is 2.83 bits per heavy atom. The number of carbonyl (C=O) groups is 1. The summed E-state index contributed by atoms with van der Waals surface area (Å²) in [5.41, 5.74) is 0.346. The maximum absolute atomic E-state index is 12.4. The van der Waals surface area contributed by atoms with Gasteiger partial charge in [-0.25, -0.2) is 4.39 Å². The maximum atomic E-state index is 12.4. The van der Waals surface area contributed by atoms with E-state index in [0.717, 1.165) is 12.6 Å². The van der Waals surface area contributed by atoms with Crippen molar-refractivity contribution in [2.75, 3.05) is 0 Å². The number of nitrogens with zero attached hydrogens (tertiary/aromatic N) is 1. The zero-order valence-electron chi connectivity index (χ0n) is 6.88. The Bertz CT molecular complexity index is 268. The van der Waals surface area contributed by atoms with E-state index in [1.54, 1.807) is 0 Å². The van der Waals surface area contributed by atoms with Gasteiger partial charge in [0.1, 0.15) is 11.5 Å². The summed E-state index contributed by atoms with van der Waals surface area (Å²) in [5, 5.41) is 0. The lowest BCUT2D eigenvalue weighted by Gasteiger charge is -1.96. The number of aromatic nitrogens is 1. The second-order valence-electron chi connectivity index (χ2n) is 2.53. The van der Waals surface area contributed by atoms with Gasteiger partial charge in [0.05, 0.1) is 6.20 Å². The van der Waals surface area contributed by atoms with Crippen molar-refractivity contribution in [1.29, 1.82) is 0 Å². The molecule has 0 fully saturated rings. The highest BCUT2D eigenvalue weighted by molar-refractivity contribution is 5.94. The van der Waals surface area contributed by atoms with E-state index in [2.05, 4.69) is 4.98 Å². The molecule has 64 valence electrons. The molecule has 0 radical (unpaired) electrons. The second kappa shape index (κ2) is 3.95. The van der Waals surface area contributed by atoms with Crippen LogP contribution in [0, 0.1) is 5.82 Å². The lowest BCUT2D eigenvalue weighted by Crippen LogP contribution is -2.00. The summed E-state index contributed by atoms with van der Waals surface area (Å²) in [5.74, 6) is -0.444. The van der Waals surface area contributed by atoms with E-state index >= 15 is 0 Å². The number of hydrogen-bond donors (Lipinski definition) is 0. The van der Waals surface area contributed by atoms with Gasteiger partial charge < -0.3 is 0 Å². The van der Waals surface area contributed by atoms with E-state index in [-0.39, 0.29) is 5.78 Å². The maximum Gasteiger partial charge on any atom is 0.181 e. The minimum atomic E-state index is -0.414. The van der Waals surface area contributed by atoms with Crippen LogP contribution in [-0.2, 0) is 0 Å². The van der Waals surface area contributed by atoms with Gasteiger partial charge in [-0.2, -0.15) is 0 Å². The van der Waals surface area contributed by atoms with Gasteiger partial charge in [-0.3, -0.25) is 9.78 Å². The SMILES string of the molecule is CCCC(=O)c1ccc(F)cn1. The average molecular weight is 167 g/mol. The van der Waals surface area contributed by atoms with E-state index < -0.39 is 5.82 Å². The molecule has 12 heavy (non-hydrogen) atoms. The van der Waals surface area contributed by atoms with Crippen LogP contribution in [0.3, 0.4) is 0 Å². The van der Waals surface area contributed by atoms with Crippen molar-refractivity contribution >= 4 is 5.78 Å². The Morgan fingerprint density at radius 2 is 2.33 bits per heavy atom. The number of Topliss-reactive ketones (excluding diaryl/α,β-unsaturated/α-hetero) is 1. The zero-order valence-corrected chi connectivity index (χ0v) is 6.88. The fourth-order valence-electron chi connectivity index (χ4n) is 0.896. The fourth-order valence-corrected chi connectivity index (χ4v) is 0.896. The van der Waals surface area contributed by atoms with Gasteiger partial charge in [-0.15, -0.1) is 0 Å². The average Bonchev–Trinajstić information content (AvgIpc) is 2.06. The lowest BCUT2D eigenvalue weighted by atomic mass is 10.1. The predicted molar refractivity (Wildman–Crippen MR) is 43.4 cm³/mol. The summed E-state index contributed by atoms with van der Waals surface area (Å²) in [7, 11) is 0. The van der Waals surface area contributed by atoms with Crippen LogP contribution in [0.4, 0.5) is 4.39 Å². The molecule has 0 unspecified atom stereocenters. The third-order valence-electron chi connectivity index (χ3n) is 1.49. The highest BCUT2D eigenvalue weighted by Gasteiger charge is 2.04. The molecule has 1 rings (SSSR count). The summed E-state index contributed by atoms with van der Waals surface area (Å²) < 4.78 is 12.4. The monoisotopic (exact) mass is 167 g/mol. The number of carbonyl (C=O) groups excluding carboxylic acids is 1. The Morgan fingerprint density at radius 1 is 1.58 bits per heavy atom. The normalized spacial score (nSPS) is 9.83. The first-order chi connectivity index (χ1) is 5.74. The first-order valence-corrected chi connectivity index (χ1v) is 3.88. The number of hydrogen-bond acceptors (Lipinski definition) is 2. The molecule has 1 heterocycles. The molecule has 0 aliphatic rings. The fraction of sp³-hybridized carbons (Fsp3) is 0.333. The van der Waals surface area contributed by atoms with Crippen molar-refractivity contribution in [1.82, 2.24) is 4.98 Å². The Hall–Kier alpha value is -1.25. The third kappa shape index (κ3) is 2.12. The molecule has 0 bridgehead atoms. The predicted octanol–water partition coefficient (Wildman–Crippen LogP) is 2.20. The van der Waals surface area contributed by atoms with Crippen LogP contribution < -0.4 is 0 Å². The molecule has 0 atom stereocenters. The van der Waals surface area contributed by atoms with Crippen LogP contribution in [0.5, 0.6) is 0 Å². The zero-order chi connectivity index (χ0) is 8.97. The van der Waals surface area contributed by atoms with Crippen molar-refractivity contribution in [3.05, 3.63) is 29.8 Å². The third-order valence-corrected chi connectivity index (χ3v) is 1.49. The smallest absolute Gasteiger partial charge is 0.181 e. The Kier molecular flexibility index (Phi) is 2.91. The first-order valence-electron chi connectivity index (χ1n) is 3.88. The van der Waals surface area contributed by atoms with Gasteiger partial charge in [-0.05, 0) is 18.6 Å². The van der Waals surface area contributed by atoms with Crippen LogP contribution in [-0.4, -0.2) is 10.8 Å². The lowest BCUT2D eigenvalue weighted by molar-refractivity contribution is 0.0977. The highest BCUT2D eigenvalue weighted by Crippen LogP contribution is 2.02. The molecule has 2 nitrogen and oxygen atoms in total. The number of rotatable bonds is 3. The second-order valence-corrected chi connectivity index (χ2v) is 2.53. The van der Waals surface area contributed by atoms with Crippen molar-refractivity contribution in [2.45, 2.75) is 19.8 Å². The Balaban J connectivity index is 2.75. The van der Waals surface area contributed by atoms with Gasteiger partial charge in [0.25, 0.3) is 0 Å². The quantitative estimate of drug-likeness (QED) is 0.646. The van der Waals surface area contributed by atoms with Crippen molar-refractivity contribution in [3.63, 3.8) is 0 Å². The Labute approximate surface area is 70.4 Å². The molecule has 0 amide bonds. The van der Waals surface area contributed by atoms with Crippen molar-refractivity contribution < 1.29 is 9.18 Å². The minimum Gasteiger partial charge on any atom is -0.292 e. The number of pyridine rings is 1. The summed E-state index contributed by atoms with van der Waals surface area (Å²) >= 11 is 0. The van der Waals surface area contributed by atoms with E-state index in [0.29, 0.717) is 12.1 Å². The molecule has 3 heteroatoms. The van der Waals surface area contributed by atoms with E-state index in [9.17, 15) is 9.18 Å². The van der Waals surface area contributed by atoms with Crippen LogP contribution in [0.25, 0.3) is 0 Å². The molecule has 0 aliphatic heterocycles. The van der Waals surface area contributed by atoms with E-state index in [4.69, 9.17) is 0 Å². The first kappa shape index (κ1) is 8.84. The van der Waals surface area contributed by atoms with Gasteiger partial charge in [0, 0.05) is 6.42 Å². The molecular formula is C9H10FNO.